The lowest BCUT2D eigenvalue weighted by Gasteiger charge is -2.50. The molecule has 3 atom stereocenters. The third-order valence-electron chi connectivity index (χ3n) is 11.0. The summed E-state index contributed by atoms with van der Waals surface area (Å²) >= 11 is 0. The van der Waals surface area contributed by atoms with Crippen molar-refractivity contribution in [3.63, 3.8) is 0 Å². The van der Waals surface area contributed by atoms with E-state index in [0.29, 0.717) is 22.6 Å². The largest absolute Gasteiger partial charge is 0.371 e. The van der Waals surface area contributed by atoms with Crippen molar-refractivity contribution in [2.24, 2.45) is 17.8 Å². The predicted molar refractivity (Wildman–Crippen MR) is 169 cm³/mol. The lowest BCUT2D eigenvalue weighted by molar-refractivity contribution is 0.0697. The summed E-state index contributed by atoms with van der Waals surface area (Å²) in [4.78, 5) is 5.45. The van der Waals surface area contributed by atoms with E-state index in [2.05, 4.69) is 47.1 Å². The summed E-state index contributed by atoms with van der Waals surface area (Å²) in [6.45, 7) is 7.71. The summed E-state index contributed by atoms with van der Waals surface area (Å²) < 4.78 is 51.8. The zero-order valence-electron chi connectivity index (χ0n) is 25.4. The lowest BCUT2D eigenvalue weighted by atomic mass is 9.59. The molecule has 6 rings (SSSR count). The van der Waals surface area contributed by atoms with Crippen LogP contribution in [0, 0.1) is 17.8 Å². The SMILES string of the molecule is CN([C@H]1CCC[C@@H]1C(C)(c1ccccc1)C1CCN(CC2CN(c3ccc(S(=O)(=O)C4CC4)cc3)C2)CC1)S(C)(=O)=O. The van der Waals surface area contributed by atoms with Gasteiger partial charge in [0.25, 0.3) is 0 Å². The van der Waals surface area contributed by atoms with E-state index in [1.165, 1.54) is 11.8 Å². The molecule has 0 radical (unpaired) electrons. The van der Waals surface area contributed by atoms with Crippen LogP contribution < -0.4 is 4.90 Å². The van der Waals surface area contributed by atoms with Gasteiger partial charge in [0.05, 0.1) is 16.4 Å². The minimum Gasteiger partial charge on any atom is -0.371 e. The molecule has 0 amide bonds. The molecule has 9 heteroatoms. The summed E-state index contributed by atoms with van der Waals surface area (Å²) in [5, 5.41) is -0.167. The first-order chi connectivity index (χ1) is 20.0. The second-order valence-corrected chi connectivity index (χ2v) is 17.9. The molecule has 230 valence electrons. The van der Waals surface area contributed by atoms with E-state index in [1.807, 2.05) is 12.1 Å². The average molecular weight is 614 g/mol. The van der Waals surface area contributed by atoms with Gasteiger partial charge in [0, 0.05) is 44.3 Å². The van der Waals surface area contributed by atoms with Crippen LogP contribution in [-0.4, -0.2) is 83.4 Å². The van der Waals surface area contributed by atoms with Crippen molar-refractivity contribution in [3.8, 4) is 0 Å². The first-order valence-corrected chi connectivity index (χ1v) is 19.2. The Morgan fingerprint density at radius 3 is 2.10 bits per heavy atom. The zero-order valence-corrected chi connectivity index (χ0v) is 27.0. The molecule has 2 aromatic rings. The van der Waals surface area contributed by atoms with Gasteiger partial charge in [0.1, 0.15) is 0 Å². The number of anilines is 1. The highest BCUT2D eigenvalue weighted by atomic mass is 32.2. The molecule has 0 aromatic heterocycles. The van der Waals surface area contributed by atoms with Crippen LogP contribution >= 0.6 is 0 Å². The van der Waals surface area contributed by atoms with Gasteiger partial charge in [-0.15, -0.1) is 0 Å². The first kappa shape index (κ1) is 30.1. The van der Waals surface area contributed by atoms with E-state index in [-0.39, 0.29) is 16.7 Å². The Bertz CT molecular complexity index is 1450. The molecule has 2 saturated carbocycles. The van der Waals surface area contributed by atoms with Crippen LogP contribution in [0.5, 0.6) is 0 Å². The van der Waals surface area contributed by atoms with Gasteiger partial charge in [-0.2, -0.15) is 0 Å². The highest BCUT2D eigenvalue weighted by Crippen LogP contribution is 2.51. The van der Waals surface area contributed by atoms with Gasteiger partial charge < -0.3 is 9.80 Å². The number of sulfone groups is 1. The van der Waals surface area contributed by atoms with Crippen molar-refractivity contribution in [3.05, 3.63) is 60.2 Å². The maximum atomic E-state index is 12.6. The maximum absolute atomic E-state index is 12.6. The van der Waals surface area contributed by atoms with Crippen LogP contribution in [0.1, 0.15) is 57.4 Å². The average Bonchev–Trinajstić information content (AvgIpc) is 3.72. The molecule has 2 saturated heterocycles. The molecule has 7 nitrogen and oxygen atoms in total. The van der Waals surface area contributed by atoms with Gasteiger partial charge >= 0.3 is 0 Å². The fourth-order valence-electron chi connectivity index (χ4n) is 8.26. The summed E-state index contributed by atoms with van der Waals surface area (Å²) in [6, 6.07) is 18.4. The molecule has 2 aromatic carbocycles. The number of hydrogen-bond donors (Lipinski definition) is 0. The van der Waals surface area contributed by atoms with Gasteiger partial charge in [0.2, 0.25) is 10.0 Å². The standard InChI is InChI=1S/C33H47N3O4S2/c1-33(26-8-5-4-6-9-26,31-10-7-11-32(31)34(2)41(3,37)38)27-18-20-35(21-19-27)22-25-23-36(24-25)28-12-14-29(15-13-28)42(39,40)30-16-17-30/h4-6,8-9,12-15,25,27,30-32H,7,10-11,16-24H2,1-3H3/t31-,32-,33?/m0/s1. The summed E-state index contributed by atoms with van der Waals surface area (Å²) in [5.74, 6) is 1.44. The molecule has 0 N–H and O–H groups in total. The molecule has 4 aliphatic rings. The Hall–Kier alpha value is -1.94. The third-order valence-corrected chi connectivity index (χ3v) is 14.6. The van der Waals surface area contributed by atoms with Crippen molar-refractivity contribution in [1.29, 1.82) is 0 Å². The Kier molecular flexibility index (Phi) is 8.26. The van der Waals surface area contributed by atoms with Crippen molar-refractivity contribution >= 4 is 25.5 Å². The molecule has 4 fully saturated rings. The summed E-state index contributed by atoms with van der Waals surface area (Å²) in [5.41, 5.74) is 2.40. The van der Waals surface area contributed by atoms with E-state index in [0.717, 1.165) is 83.4 Å². The number of hydrogen-bond acceptors (Lipinski definition) is 6. The molecule has 2 heterocycles. The van der Waals surface area contributed by atoms with E-state index in [1.54, 1.807) is 23.5 Å². The zero-order chi connectivity index (χ0) is 29.7. The Balaban J connectivity index is 1.07. The molecule has 2 aliphatic heterocycles. The Labute approximate surface area is 253 Å². The summed E-state index contributed by atoms with van der Waals surface area (Å²) in [7, 11) is -4.61. The van der Waals surface area contributed by atoms with Crippen LogP contribution in [0.15, 0.2) is 59.5 Å². The smallest absolute Gasteiger partial charge is 0.211 e. The van der Waals surface area contributed by atoms with E-state index in [9.17, 15) is 16.8 Å². The molecule has 42 heavy (non-hydrogen) atoms. The van der Waals surface area contributed by atoms with E-state index >= 15 is 0 Å². The number of rotatable bonds is 10. The normalized spacial score (nSPS) is 26.3. The van der Waals surface area contributed by atoms with Crippen molar-refractivity contribution in [1.82, 2.24) is 9.21 Å². The van der Waals surface area contributed by atoms with E-state index in [4.69, 9.17) is 0 Å². The first-order valence-electron chi connectivity index (χ1n) is 15.8. The topological polar surface area (TPSA) is 78.0 Å². The number of sulfonamides is 1. The number of likely N-dealkylation sites (tertiary alicyclic amines) is 1. The fourth-order valence-corrected chi connectivity index (χ4v) is 10.7. The van der Waals surface area contributed by atoms with Crippen LogP contribution in [0.25, 0.3) is 0 Å². The van der Waals surface area contributed by atoms with Crippen molar-refractivity contribution in [2.45, 2.75) is 73.5 Å². The van der Waals surface area contributed by atoms with Crippen LogP contribution in [-0.2, 0) is 25.3 Å². The number of nitrogens with zero attached hydrogens (tertiary/aromatic N) is 3. The molecule has 0 spiro atoms. The van der Waals surface area contributed by atoms with Crippen molar-refractivity contribution < 1.29 is 16.8 Å². The minimum absolute atomic E-state index is 0.0482. The monoisotopic (exact) mass is 613 g/mol. The second-order valence-electron chi connectivity index (χ2n) is 13.6. The molecule has 0 bridgehead atoms. The summed E-state index contributed by atoms with van der Waals surface area (Å²) in [6.07, 6.45) is 8.28. The Morgan fingerprint density at radius 1 is 0.857 bits per heavy atom. The van der Waals surface area contributed by atoms with Gasteiger partial charge in [0.15, 0.2) is 9.84 Å². The maximum Gasteiger partial charge on any atom is 0.211 e. The lowest BCUT2D eigenvalue weighted by Crippen LogP contribution is -2.54. The fraction of sp³-hybridized carbons (Fsp3) is 0.636. The Morgan fingerprint density at radius 2 is 1.50 bits per heavy atom. The molecule has 1 unspecified atom stereocenters. The molecular weight excluding hydrogens is 567 g/mol. The van der Waals surface area contributed by atoms with E-state index < -0.39 is 19.9 Å². The van der Waals surface area contributed by atoms with Gasteiger partial charge in [-0.05, 0) is 98.7 Å². The van der Waals surface area contributed by atoms with Gasteiger partial charge in [-0.1, -0.05) is 43.7 Å². The van der Waals surface area contributed by atoms with Crippen LogP contribution in [0.4, 0.5) is 5.69 Å². The number of benzene rings is 2. The highest BCUT2D eigenvalue weighted by Gasteiger charge is 2.50. The quantitative estimate of drug-likeness (QED) is 0.384. The van der Waals surface area contributed by atoms with Crippen LogP contribution in [0.2, 0.25) is 0 Å². The second kappa shape index (κ2) is 11.5. The van der Waals surface area contributed by atoms with Gasteiger partial charge in [-0.3, -0.25) is 0 Å². The highest BCUT2D eigenvalue weighted by molar-refractivity contribution is 7.92. The minimum atomic E-state index is -3.25. The predicted octanol–water partition coefficient (Wildman–Crippen LogP) is 4.79. The molecular formula is C33H47N3O4S2. The third kappa shape index (κ3) is 5.78. The number of piperidine rings is 1. The van der Waals surface area contributed by atoms with Gasteiger partial charge in [-0.25, -0.2) is 21.1 Å². The van der Waals surface area contributed by atoms with Crippen LogP contribution in [0.3, 0.4) is 0 Å². The molecule has 2 aliphatic carbocycles. The van der Waals surface area contributed by atoms with Crippen molar-refractivity contribution in [2.75, 3.05) is 50.9 Å².